The van der Waals surface area contributed by atoms with Crippen molar-refractivity contribution in [1.29, 1.82) is 0 Å². The summed E-state index contributed by atoms with van der Waals surface area (Å²) in [5, 5.41) is 8.07. The zero-order valence-electron chi connectivity index (χ0n) is 12.0. The lowest BCUT2D eigenvalue weighted by atomic mass is 10.2. The molecule has 1 saturated carbocycles. The lowest BCUT2D eigenvalue weighted by Gasteiger charge is -2.13. The van der Waals surface area contributed by atoms with Crippen LogP contribution in [0.2, 0.25) is 0 Å². The predicted octanol–water partition coefficient (Wildman–Crippen LogP) is 0.454. The van der Waals surface area contributed by atoms with Gasteiger partial charge in [0.05, 0.1) is 6.61 Å². The number of hydrogen-bond acceptors (Lipinski definition) is 4. The van der Waals surface area contributed by atoms with E-state index >= 15 is 0 Å². The molecule has 0 aliphatic heterocycles. The first-order valence-electron chi connectivity index (χ1n) is 6.94. The van der Waals surface area contributed by atoms with Crippen LogP contribution in [-0.2, 0) is 21.3 Å². The zero-order valence-corrected chi connectivity index (χ0v) is 12.9. The Bertz CT molecular complexity index is 603. The molecule has 8 heteroatoms. The highest BCUT2D eigenvalue weighted by atomic mass is 32.2. The second kappa shape index (κ2) is 6.59. The number of nitrogens with one attached hydrogen (secondary N) is 1. The van der Waals surface area contributed by atoms with Gasteiger partial charge in [-0.05, 0) is 18.9 Å². The van der Waals surface area contributed by atoms with Gasteiger partial charge in [-0.2, -0.15) is 0 Å². The number of carbonyl (C=O) groups excluding carboxylic acids is 1. The maximum atomic E-state index is 12.3. The fourth-order valence-electron chi connectivity index (χ4n) is 2.53. The van der Waals surface area contributed by atoms with Crippen LogP contribution in [-0.4, -0.2) is 38.7 Å². The van der Waals surface area contributed by atoms with E-state index in [0.717, 1.165) is 25.7 Å². The smallest absolute Gasteiger partial charge is 0.268 e. The first-order chi connectivity index (χ1) is 9.91. The number of rotatable bonds is 6. The van der Waals surface area contributed by atoms with E-state index in [1.807, 2.05) is 0 Å². The minimum atomic E-state index is -3.83. The number of carbonyl (C=O) groups is 1. The van der Waals surface area contributed by atoms with Crippen molar-refractivity contribution in [2.75, 3.05) is 13.7 Å². The van der Waals surface area contributed by atoms with Gasteiger partial charge in [-0.3, -0.25) is 4.79 Å². The molecule has 118 valence electrons. The van der Waals surface area contributed by atoms with Crippen molar-refractivity contribution in [3.05, 3.63) is 18.0 Å². The van der Waals surface area contributed by atoms with E-state index < -0.39 is 10.0 Å². The van der Waals surface area contributed by atoms with E-state index in [0.29, 0.717) is 18.8 Å². The zero-order chi connectivity index (χ0) is 15.5. The number of methoxy groups -OCH3 is 1. The van der Waals surface area contributed by atoms with E-state index in [-0.39, 0.29) is 16.8 Å². The van der Waals surface area contributed by atoms with Gasteiger partial charge in [-0.25, -0.2) is 13.6 Å². The van der Waals surface area contributed by atoms with Gasteiger partial charge in [0.1, 0.15) is 10.6 Å². The maximum absolute atomic E-state index is 12.3. The van der Waals surface area contributed by atoms with Crippen LogP contribution in [0.15, 0.2) is 17.2 Å². The number of amides is 1. The first kappa shape index (κ1) is 16.0. The molecule has 1 aromatic heterocycles. The third-order valence-corrected chi connectivity index (χ3v) is 4.54. The number of nitrogens with two attached hydrogens (primary N) is 1. The quantitative estimate of drug-likeness (QED) is 0.795. The Morgan fingerprint density at radius 3 is 2.71 bits per heavy atom. The number of aromatic nitrogens is 1. The van der Waals surface area contributed by atoms with Crippen LogP contribution in [0.25, 0.3) is 0 Å². The van der Waals surface area contributed by atoms with Gasteiger partial charge >= 0.3 is 0 Å². The van der Waals surface area contributed by atoms with Crippen molar-refractivity contribution in [2.24, 2.45) is 5.14 Å². The highest BCUT2D eigenvalue weighted by Gasteiger charge is 2.22. The number of sulfonamides is 1. The molecule has 1 heterocycles. The molecule has 0 bridgehead atoms. The lowest BCUT2D eigenvalue weighted by molar-refractivity contribution is 0.0925. The molecule has 3 N–H and O–H groups in total. The molecule has 1 aromatic rings. The second-order valence-corrected chi connectivity index (χ2v) is 6.81. The molecule has 0 spiro atoms. The van der Waals surface area contributed by atoms with Crippen LogP contribution in [0.4, 0.5) is 0 Å². The predicted molar refractivity (Wildman–Crippen MR) is 77.4 cm³/mol. The molecule has 1 aliphatic carbocycles. The first-order valence-corrected chi connectivity index (χ1v) is 8.49. The van der Waals surface area contributed by atoms with E-state index in [4.69, 9.17) is 9.88 Å². The molecule has 0 radical (unpaired) electrons. The molecule has 0 saturated heterocycles. The molecular weight excluding hydrogens is 294 g/mol. The molecule has 1 fully saturated rings. The van der Waals surface area contributed by atoms with Crippen LogP contribution in [0, 0.1) is 0 Å². The Hall–Kier alpha value is -1.38. The average Bonchev–Trinajstić information content (AvgIpc) is 3.03. The molecule has 1 aliphatic rings. The summed E-state index contributed by atoms with van der Waals surface area (Å²) in [6.07, 6.45) is 5.52. The molecule has 0 aromatic carbocycles. The molecular formula is C13H21N3O4S. The third-order valence-electron chi connectivity index (χ3n) is 3.66. The van der Waals surface area contributed by atoms with Crippen molar-refractivity contribution in [3.63, 3.8) is 0 Å². The topological polar surface area (TPSA) is 103 Å². The lowest BCUT2D eigenvalue weighted by Crippen LogP contribution is -2.34. The third kappa shape index (κ3) is 4.05. The van der Waals surface area contributed by atoms with E-state index in [1.54, 1.807) is 11.7 Å². The van der Waals surface area contributed by atoms with Gasteiger partial charge in [0, 0.05) is 25.9 Å². The number of nitrogens with zero attached hydrogens (tertiary/aromatic N) is 1. The number of primary sulfonamides is 1. The summed E-state index contributed by atoms with van der Waals surface area (Å²) in [5.74, 6) is -0.270. The largest absolute Gasteiger partial charge is 0.383 e. The Kier molecular flexibility index (Phi) is 5.02. The van der Waals surface area contributed by atoms with E-state index in [2.05, 4.69) is 5.32 Å². The Balaban J connectivity index is 2.22. The highest BCUT2D eigenvalue weighted by molar-refractivity contribution is 7.89. The van der Waals surface area contributed by atoms with Crippen LogP contribution in [0.1, 0.15) is 36.2 Å². The van der Waals surface area contributed by atoms with Crippen molar-refractivity contribution in [2.45, 2.75) is 43.2 Å². The van der Waals surface area contributed by atoms with Gasteiger partial charge < -0.3 is 14.6 Å². The monoisotopic (exact) mass is 315 g/mol. The van der Waals surface area contributed by atoms with Crippen molar-refractivity contribution in [1.82, 2.24) is 9.88 Å². The summed E-state index contributed by atoms with van der Waals surface area (Å²) >= 11 is 0. The van der Waals surface area contributed by atoms with Crippen LogP contribution < -0.4 is 10.5 Å². The number of ether oxygens (including phenoxy) is 1. The normalized spacial score (nSPS) is 16.3. The molecule has 1 amide bonds. The summed E-state index contributed by atoms with van der Waals surface area (Å²) in [7, 11) is -2.29. The minimum Gasteiger partial charge on any atom is -0.383 e. The SMILES string of the molecule is COCCn1cc(S(N)(=O)=O)cc1C(=O)NC1CCCC1. The van der Waals surface area contributed by atoms with Gasteiger partial charge in [0.2, 0.25) is 10.0 Å². The Morgan fingerprint density at radius 1 is 1.48 bits per heavy atom. The Labute approximate surface area is 124 Å². The molecule has 2 rings (SSSR count). The van der Waals surface area contributed by atoms with Crippen LogP contribution >= 0.6 is 0 Å². The standard InChI is InChI=1S/C13H21N3O4S/c1-20-7-6-16-9-11(21(14,18)19)8-12(16)13(17)15-10-4-2-3-5-10/h8-10H,2-7H2,1H3,(H,15,17)(H2,14,18,19). The second-order valence-electron chi connectivity index (χ2n) is 5.25. The van der Waals surface area contributed by atoms with Gasteiger partial charge in [0.25, 0.3) is 5.91 Å². The molecule has 21 heavy (non-hydrogen) atoms. The van der Waals surface area contributed by atoms with Crippen molar-refractivity contribution in [3.8, 4) is 0 Å². The van der Waals surface area contributed by atoms with Crippen LogP contribution in [0.3, 0.4) is 0 Å². The van der Waals surface area contributed by atoms with Gasteiger partial charge in [0.15, 0.2) is 0 Å². The Morgan fingerprint density at radius 2 is 2.14 bits per heavy atom. The summed E-state index contributed by atoms with van der Waals surface area (Å²) in [5.41, 5.74) is 0.294. The van der Waals surface area contributed by atoms with Crippen LogP contribution in [0.5, 0.6) is 0 Å². The highest BCUT2D eigenvalue weighted by Crippen LogP contribution is 2.19. The molecule has 7 nitrogen and oxygen atoms in total. The van der Waals surface area contributed by atoms with E-state index in [9.17, 15) is 13.2 Å². The van der Waals surface area contributed by atoms with Gasteiger partial charge in [-0.1, -0.05) is 12.8 Å². The minimum absolute atomic E-state index is 0.0600. The fraction of sp³-hybridized carbons (Fsp3) is 0.615. The molecule has 0 unspecified atom stereocenters. The summed E-state index contributed by atoms with van der Waals surface area (Å²) < 4.78 is 29.4. The number of hydrogen-bond donors (Lipinski definition) is 2. The van der Waals surface area contributed by atoms with E-state index in [1.165, 1.54) is 12.3 Å². The average molecular weight is 315 g/mol. The maximum Gasteiger partial charge on any atom is 0.268 e. The van der Waals surface area contributed by atoms with Crippen molar-refractivity contribution < 1.29 is 17.9 Å². The van der Waals surface area contributed by atoms with Crippen molar-refractivity contribution >= 4 is 15.9 Å². The summed E-state index contributed by atoms with van der Waals surface area (Å²) in [4.78, 5) is 12.3. The fourth-order valence-corrected chi connectivity index (χ4v) is 3.08. The van der Waals surface area contributed by atoms with Gasteiger partial charge in [-0.15, -0.1) is 0 Å². The summed E-state index contributed by atoms with van der Waals surface area (Å²) in [6, 6.07) is 1.48. The summed E-state index contributed by atoms with van der Waals surface area (Å²) in [6.45, 7) is 0.766. The molecule has 0 atom stereocenters.